The maximum atomic E-state index is 12.9. The normalized spacial score (nSPS) is 22.8. The molecule has 1 heterocycles. The zero-order valence-electron chi connectivity index (χ0n) is 11.3. The Bertz CT molecular complexity index is 355. The van der Waals surface area contributed by atoms with E-state index < -0.39 is 0 Å². The summed E-state index contributed by atoms with van der Waals surface area (Å²) in [6, 6.07) is 7.85. The number of halogens is 1. The summed E-state index contributed by atoms with van der Waals surface area (Å²) in [5.74, 6) is -0.160. The summed E-state index contributed by atoms with van der Waals surface area (Å²) in [6.45, 7) is 4.44. The highest BCUT2D eigenvalue weighted by Crippen LogP contribution is 2.24. The van der Waals surface area contributed by atoms with Crippen molar-refractivity contribution in [3.8, 4) is 0 Å². The Hall–Kier alpha value is -0.930. The molecule has 1 aromatic carbocycles. The van der Waals surface area contributed by atoms with Crippen LogP contribution in [0.5, 0.6) is 0 Å². The van der Waals surface area contributed by atoms with Gasteiger partial charge in [0.2, 0.25) is 0 Å². The van der Waals surface area contributed by atoms with E-state index in [1.165, 1.54) is 24.8 Å². The lowest BCUT2D eigenvalue weighted by molar-refractivity contribution is 0.171. The maximum Gasteiger partial charge on any atom is 0.123 e. The van der Waals surface area contributed by atoms with Gasteiger partial charge in [0.25, 0.3) is 0 Å². The third-order valence-corrected chi connectivity index (χ3v) is 4.08. The first kappa shape index (κ1) is 13.5. The van der Waals surface area contributed by atoms with Crippen LogP contribution >= 0.6 is 0 Å². The van der Waals surface area contributed by atoms with Gasteiger partial charge in [0, 0.05) is 12.1 Å². The van der Waals surface area contributed by atoms with Gasteiger partial charge in [-0.05, 0) is 64.0 Å². The Morgan fingerprint density at radius 3 is 2.67 bits per heavy atom. The highest BCUT2D eigenvalue weighted by molar-refractivity contribution is 5.19. The van der Waals surface area contributed by atoms with E-state index >= 15 is 0 Å². The fraction of sp³-hybridized carbons (Fsp3) is 0.600. The third kappa shape index (κ3) is 3.30. The molecule has 1 aliphatic rings. The van der Waals surface area contributed by atoms with Crippen LogP contribution < -0.4 is 5.32 Å². The molecule has 1 fully saturated rings. The fourth-order valence-electron chi connectivity index (χ4n) is 2.70. The zero-order chi connectivity index (χ0) is 13.0. The SMILES string of the molecule is CC(c1ccc(F)cc1)N(C)C1CCCNCC1. The minimum Gasteiger partial charge on any atom is -0.317 e. The highest BCUT2D eigenvalue weighted by atomic mass is 19.1. The second-order valence-corrected chi connectivity index (χ2v) is 5.23. The molecule has 2 atom stereocenters. The Morgan fingerprint density at radius 1 is 1.22 bits per heavy atom. The molecule has 2 nitrogen and oxygen atoms in total. The van der Waals surface area contributed by atoms with E-state index in [4.69, 9.17) is 0 Å². The molecule has 1 N–H and O–H groups in total. The minimum absolute atomic E-state index is 0.160. The number of nitrogens with one attached hydrogen (secondary N) is 1. The molecular formula is C15H23FN2. The van der Waals surface area contributed by atoms with Gasteiger partial charge in [0.15, 0.2) is 0 Å². The van der Waals surface area contributed by atoms with E-state index in [-0.39, 0.29) is 5.82 Å². The molecule has 0 radical (unpaired) electrons. The smallest absolute Gasteiger partial charge is 0.123 e. The standard InChI is InChI=1S/C15H23FN2/c1-12(13-5-7-14(16)8-6-13)18(2)15-4-3-10-17-11-9-15/h5-8,12,15,17H,3-4,9-11H2,1-2H3. The van der Waals surface area contributed by atoms with E-state index in [1.54, 1.807) is 12.1 Å². The van der Waals surface area contributed by atoms with Crippen molar-refractivity contribution in [3.05, 3.63) is 35.6 Å². The molecule has 0 aromatic heterocycles. The van der Waals surface area contributed by atoms with E-state index in [9.17, 15) is 4.39 Å². The summed E-state index contributed by atoms with van der Waals surface area (Å²) in [6.07, 6.45) is 3.68. The molecular weight excluding hydrogens is 227 g/mol. The lowest BCUT2D eigenvalue weighted by Crippen LogP contribution is -2.34. The van der Waals surface area contributed by atoms with Crippen LogP contribution in [0.4, 0.5) is 4.39 Å². The van der Waals surface area contributed by atoms with Crippen LogP contribution in [-0.2, 0) is 0 Å². The molecule has 18 heavy (non-hydrogen) atoms. The quantitative estimate of drug-likeness (QED) is 0.887. The van der Waals surface area contributed by atoms with Crippen molar-refractivity contribution in [3.63, 3.8) is 0 Å². The molecule has 1 aliphatic heterocycles. The predicted molar refractivity (Wildman–Crippen MR) is 73.1 cm³/mol. The van der Waals surface area contributed by atoms with E-state index in [0.717, 1.165) is 13.1 Å². The predicted octanol–water partition coefficient (Wildman–Crippen LogP) is 2.96. The van der Waals surface area contributed by atoms with Gasteiger partial charge >= 0.3 is 0 Å². The van der Waals surface area contributed by atoms with Crippen molar-refractivity contribution >= 4 is 0 Å². The maximum absolute atomic E-state index is 12.9. The molecule has 0 spiro atoms. The molecule has 2 unspecified atom stereocenters. The summed E-state index contributed by atoms with van der Waals surface area (Å²) in [7, 11) is 2.18. The van der Waals surface area contributed by atoms with Crippen molar-refractivity contribution < 1.29 is 4.39 Å². The Labute approximate surface area is 109 Å². The zero-order valence-corrected chi connectivity index (χ0v) is 11.3. The topological polar surface area (TPSA) is 15.3 Å². The van der Waals surface area contributed by atoms with Gasteiger partial charge in [-0.1, -0.05) is 12.1 Å². The van der Waals surface area contributed by atoms with Gasteiger partial charge in [-0.3, -0.25) is 4.90 Å². The molecule has 0 bridgehead atoms. The van der Waals surface area contributed by atoms with E-state index in [1.807, 2.05) is 12.1 Å². The van der Waals surface area contributed by atoms with Crippen LogP contribution in [0.1, 0.15) is 37.8 Å². The van der Waals surface area contributed by atoms with Gasteiger partial charge in [0.1, 0.15) is 5.82 Å². The summed E-state index contributed by atoms with van der Waals surface area (Å²) in [5, 5.41) is 3.44. The molecule has 1 saturated heterocycles. The second kappa shape index (κ2) is 6.30. The van der Waals surface area contributed by atoms with E-state index in [0.29, 0.717) is 12.1 Å². The highest BCUT2D eigenvalue weighted by Gasteiger charge is 2.21. The molecule has 100 valence electrons. The van der Waals surface area contributed by atoms with Crippen LogP contribution in [0.15, 0.2) is 24.3 Å². The van der Waals surface area contributed by atoms with Gasteiger partial charge in [0.05, 0.1) is 0 Å². The van der Waals surface area contributed by atoms with Crippen LogP contribution in [0.2, 0.25) is 0 Å². The first-order valence-electron chi connectivity index (χ1n) is 6.86. The molecule has 0 amide bonds. The monoisotopic (exact) mass is 250 g/mol. The first-order chi connectivity index (χ1) is 8.68. The Kier molecular flexibility index (Phi) is 4.72. The van der Waals surface area contributed by atoms with Crippen molar-refractivity contribution in [2.24, 2.45) is 0 Å². The van der Waals surface area contributed by atoms with Gasteiger partial charge in [-0.2, -0.15) is 0 Å². The minimum atomic E-state index is -0.160. The summed E-state index contributed by atoms with van der Waals surface area (Å²) in [5.41, 5.74) is 1.19. The lowest BCUT2D eigenvalue weighted by atomic mass is 10.0. The van der Waals surface area contributed by atoms with Gasteiger partial charge in [-0.25, -0.2) is 4.39 Å². The van der Waals surface area contributed by atoms with Crippen molar-refractivity contribution in [1.29, 1.82) is 0 Å². The lowest BCUT2D eigenvalue weighted by Gasteiger charge is -2.32. The average Bonchev–Trinajstić information content (AvgIpc) is 2.67. The fourth-order valence-corrected chi connectivity index (χ4v) is 2.70. The largest absolute Gasteiger partial charge is 0.317 e. The van der Waals surface area contributed by atoms with Crippen LogP contribution in [0, 0.1) is 5.82 Å². The van der Waals surface area contributed by atoms with Gasteiger partial charge in [-0.15, -0.1) is 0 Å². The van der Waals surface area contributed by atoms with Crippen LogP contribution in [0.25, 0.3) is 0 Å². The molecule has 0 aliphatic carbocycles. The van der Waals surface area contributed by atoms with Gasteiger partial charge < -0.3 is 5.32 Å². The number of hydrogen-bond donors (Lipinski definition) is 1. The van der Waals surface area contributed by atoms with Crippen LogP contribution in [0.3, 0.4) is 0 Å². The third-order valence-electron chi connectivity index (χ3n) is 4.08. The number of nitrogens with zero attached hydrogens (tertiary/aromatic N) is 1. The Balaban J connectivity index is 2.02. The average molecular weight is 250 g/mol. The summed E-state index contributed by atoms with van der Waals surface area (Å²) >= 11 is 0. The van der Waals surface area contributed by atoms with Crippen molar-refractivity contribution in [2.45, 2.75) is 38.3 Å². The van der Waals surface area contributed by atoms with Crippen molar-refractivity contribution in [1.82, 2.24) is 10.2 Å². The molecule has 1 aromatic rings. The molecule has 0 saturated carbocycles. The first-order valence-corrected chi connectivity index (χ1v) is 6.86. The molecule has 2 rings (SSSR count). The second-order valence-electron chi connectivity index (χ2n) is 5.23. The summed E-state index contributed by atoms with van der Waals surface area (Å²) in [4.78, 5) is 2.43. The number of benzene rings is 1. The number of hydrogen-bond acceptors (Lipinski definition) is 2. The molecule has 3 heteroatoms. The van der Waals surface area contributed by atoms with Crippen molar-refractivity contribution in [2.75, 3.05) is 20.1 Å². The Morgan fingerprint density at radius 2 is 1.94 bits per heavy atom. The summed E-state index contributed by atoms with van der Waals surface area (Å²) < 4.78 is 12.9. The number of rotatable bonds is 3. The van der Waals surface area contributed by atoms with Crippen LogP contribution in [-0.4, -0.2) is 31.1 Å². The van der Waals surface area contributed by atoms with E-state index in [2.05, 4.69) is 24.2 Å².